The lowest BCUT2D eigenvalue weighted by atomic mass is 10.2. The summed E-state index contributed by atoms with van der Waals surface area (Å²) in [6.45, 7) is 0. The molecular weight excluding hydrogens is 336 g/mol. The van der Waals surface area contributed by atoms with Crippen molar-refractivity contribution >= 4 is 18.0 Å². The highest BCUT2D eigenvalue weighted by molar-refractivity contribution is 7.98. The summed E-state index contributed by atoms with van der Waals surface area (Å²) in [4.78, 5) is 0. The van der Waals surface area contributed by atoms with Gasteiger partial charge in [-0.05, 0) is 23.8 Å². The van der Waals surface area contributed by atoms with Crippen LogP contribution in [0.1, 0.15) is 11.1 Å². The van der Waals surface area contributed by atoms with Gasteiger partial charge in [-0.15, -0.1) is 10.2 Å². The molecule has 25 heavy (non-hydrogen) atoms. The summed E-state index contributed by atoms with van der Waals surface area (Å²) in [6.07, 6.45) is 3.29. The summed E-state index contributed by atoms with van der Waals surface area (Å²) in [6, 6.07) is 15.8. The van der Waals surface area contributed by atoms with Crippen LogP contribution in [0.4, 0.5) is 0 Å². The first-order valence-electron chi connectivity index (χ1n) is 7.63. The largest absolute Gasteiger partial charge is 0.497 e. The average molecular weight is 354 g/mol. The van der Waals surface area contributed by atoms with E-state index in [2.05, 4.69) is 27.4 Å². The van der Waals surface area contributed by atoms with Gasteiger partial charge in [0, 0.05) is 11.3 Å². The monoisotopic (exact) mass is 354 g/mol. The Morgan fingerprint density at radius 3 is 2.72 bits per heavy atom. The lowest BCUT2D eigenvalue weighted by Gasteiger charge is -2.07. The van der Waals surface area contributed by atoms with Crippen LogP contribution in [0.2, 0.25) is 0 Å². The summed E-state index contributed by atoms with van der Waals surface area (Å²) >= 11 is 1.58. The molecule has 0 aliphatic carbocycles. The van der Waals surface area contributed by atoms with Gasteiger partial charge in [0.25, 0.3) is 0 Å². The van der Waals surface area contributed by atoms with Gasteiger partial charge in [0.1, 0.15) is 17.8 Å². The molecule has 1 heterocycles. The highest BCUT2D eigenvalue weighted by Crippen LogP contribution is 2.23. The fraction of sp³-hybridized carbons (Fsp3) is 0.167. The number of methoxy groups -OCH3 is 2. The molecule has 6 nitrogen and oxygen atoms in total. The van der Waals surface area contributed by atoms with Crippen molar-refractivity contribution in [2.24, 2.45) is 5.10 Å². The van der Waals surface area contributed by atoms with Crippen LogP contribution < -0.4 is 9.47 Å². The first-order valence-corrected chi connectivity index (χ1v) is 8.62. The van der Waals surface area contributed by atoms with Gasteiger partial charge in [0.2, 0.25) is 5.16 Å². The topological polar surface area (TPSA) is 61.5 Å². The van der Waals surface area contributed by atoms with E-state index >= 15 is 0 Å². The second kappa shape index (κ2) is 8.34. The molecule has 2 aromatic carbocycles. The predicted molar refractivity (Wildman–Crippen MR) is 98.6 cm³/mol. The molecule has 0 saturated heterocycles. The maximum Gasteiger partial charge on any atom is 0.212 e. The molecule has 0 radical (unpaired) electrons. The van der Waals surface area contributed by atoms with Crippen LogP contribution in [0, 0.1) is 0 Å². The van der Waals surface area contributed by atoms with Crippen molar-refractivity contribution in [1.29, 1.82) is 0 Å². The average Bonchev–Trinajstić information content (AvgIpc) is 3.12. The zero-order chi connectivity index (χ0) is 17.5. The van der Waals surface area contributed by atoms with Gasteiger partial charge in [0.15, 0.2) is 0 Å². The van der Waals surface area contributed by atoms with Crippen molar-refractivity contribution in [1.82, 2.24) is 14.9 Å². The van der Waals surface area contributed by atoms with Crippen molar-refractivity contribution in [2.45, 2.75) is 10.9 Å². The van der Waals surface area contributed by atoms with Crippen LogP contribution >= 0.6 is 11.8 Å². The number of rotatable bonds is 7. The lowest BCUT2D eigenvalue weighted by molar-refractivity contribution is 0.402. The fourth-order valence-corrected chi connectivity index (χ4v) is 3.00. The molecule has 3 rings (SSSR count). The summed E-state index contributed by atoms with van der Waals surface area (Å²) in [5.41, 5.74) is 2.04. The van der Waals surface area contributed by atoms with Crippen LogP contribution in [0.3, 0.4) is 0 Å². The normalized spacial score (nSPS) is 11.0. The summed E-state index contributed by atoms with van der Waals surface area (Å²) in [5.74, 6) is 2.26. The van der Waals surface area contributed by atoms with Gasteiger partial charge < -0.3 is 9.47 Å². The molecule has 3 aromatic rings. The van der Waals surface area contributed by atoms with E-state index in [1.54, 1.807) is 43.2 Å². The summed E-state index contributed by atoms with van der Waals surface area (Å²) in [7, 11) is 3.25. The minimum atomic E-state index is 0.719. The van der Waals surface area contributed by atoms with Gasteiger partial charge in [-0.25, -0.2) is 0 Å². The highest BCUT2D eigenvalue weighted by Gasteiger charge is 2.06. The highest BCUT2D eigenvalue weighted by atomic mass is 32.2. The molecule has 0 aliphatic rings. The van der Waals surface area contributed by atoms with Gasteiger partial charge in [0.05, 0.1) is 20.4 Å². The van der Waals surface area contributed by atoms with E-state index in [0.29, 0.717) is 0 Å². The van der Waals surface area contributed by atoms with E-state index in [1.165, 1.54) is 5.56 Å². The third-order valence-electron chi connectivity index (χ3n) is 3.47. The van der Waals surface area contributed by atoms with E-state index in [0.717, 1.165) is 28.0 Å². The molecule has 0 aliphatic heterocycles. The molecule has 0 unspecified atom stereocenters. The zero-order valence-corrected chi connectivity index (χ0v) is 14.8. The Balaban J connectivity index is 1.75. The maximum atomic E-state index is 5.36. The number of hydrogen-bond donors (Lipinski definition) is 0. The van der Waals surface area contributed by atoms with Crippen LogP contribution in [0.25, 0.3) is 0 Å². The van der Waals surface area contributed by atoms with Gasteiger partial charge in [-0.2, -0.15) is 9.78 Å². The second-order valence-electron chi connectivity index (χ2n) is 5.08. The summed E-state index contributed by atoms with van der Waals surface area (Å²) < 4.78 is 12.3. The van der Waals surface area contributed by atoms with Crippen LogP contribution in [-0.4, -0.2) is 35.3 Å². The van der Waals surface area contributed by atoms with Crippen molar-refractivity contribution in [3.05, 3.63) is 66.0 Å². The number of ether oxygens (including phenoxy) is 2. The Morgan fingerprint density at radius 1 is 1.12 bits per heavy atom. The zero-order valence-electron chi connectivity index (χ0n) is 14.0. The summed E-state index contributed by atoms with van der Waals surface area (Å²) in [5, 5.41) is 13.2. The standard InChI is InChI=1S/C18H18N4O2S/c1-23-16-8-9-17(24-2)15(10-16)11-20-22-13-19-21-18(22)25-12-14-6-4-3-5-7-14/h3-11,13H,12H2,1-2H3/b20-11-. The minimum absolute atomic E-state index is 0.719. The SMILES string of the molecule is COc1ccc(OC)c(/C=N\n2cnnc2SCc2ccccc2)c1. The van der Waals surface area contributed by atoms with Crippen molar-refractivity contribution in [3.8, 4) is 11.5 Å². The molecule has 128 valence electrons. The van der Waals surface area contributed by atoms with Crippen molar-refractivity contribution in [2.75, 3.05) is 14.2 Å². The van der Waals surface area contributed by atoms with E-state index in [9.17, 15) is 0 Å². The quantitative estimate of drug-likeness (QED) is 0.480. The number of nitrogens with zero attached hydrogens (tertiary/aromatic N) is 4. The Bertz CT molecular complexity index is 849. The van der Waals surface area contributed by atoms with Crippen LogP contribution in [0.5, 0.6) is 11.5 Å². The third kappa shape index (κ3) is 4.39. The molecule has 7 heteroatoms. The lowest BCUT2D eigenvalue weighted by Crippen LogP contribution is -1.96. The van der Waals surface area contributed by atoms with E-state index in [4.69, 9.17) is 9.47 Å². The Kier molecular flexibility index (Phi) is 5.69. The first kappa shape index (κ1) is 17.0. The molecular formula is C18H18N4O2S. The Labute approximate surface area is 150 Å². The van der Waals surface area contributed by atoms with Crippen LogP contribution in [0.15, 0.2) is 65.1 Å². The predicted octanol–water partition coefficient (Wildman–Crippen LogP) is 3.47. The van der Waals surface area contributed by atoms with Gasteiger partial charge in [-0.1, -0.05) is 42.1 Å². The first-order chi connectivity index (χ1) is 12.3. The molecule has 1 aromatic heterocycles. The molecule has 0 atom stereocenters. The molecule has 0 saturated carbocycles. The second-order valence-corrected chi connectivity index (χ2v) is 6.03. The maximum absolute atomic E-state index is 5.36. The van der Waals surface area contributed by atoms with Crippen molar-refractivity contribution < 1.29 is 9.47 Å². The minimum Gasteiger partial charge on any atom is -0.497 e. The van der Waals surface area contributed by atoms with E-state index in [1.807, 2.05) is 36.4 Å². The fourth-order valence-electron chi connectivity index (χ4n) is 2.18. The third-order valence-corrected chi connectivity index (χ3v) is 4.47. The van der Waals surface area contributed by atoms with Crippen LogP contribution in [-0.2, 0) is 5.75 Å². The van der Waals surface area contributed by atoms with E-state index in [-0.39, 0.29) is 0 Å². The molecule has 0 amide bonds. The van der Waals surface area contributed by atoms with E-state index < -0.39 is 0 Å². The molecule has 0 N–H and O–H groups in total. The number of thioether (sulfide) groups is 1. The Morgan fingerprint density at radius 2 is 1.96 bits per heavy atom. The molecule has 0 fully saturated rings. The van der Waals surface area contributed by atoms with Crippen molar-refractivity contribution in [3.63, 3.8) is 0 Å². The number of aromatic nitrogens is 3. The van der Waals surface area contributed by atoms with Gasteiger partial charge in [-0.3, -0.25) is 0 Å². The Hall–Kier alpha value is -2.80. The number of hydrogen-bond acceptors (Lipinski definition) is 6. The molecule has 0 bridgehead atoms. The molecule has 0 spiro atoms. The van der Waals surface area contributed by atoms with Gasteiger partial charge >= 0.3 is 0 Å². The number of benzene rings is 2. The smallest absolute Gasteiger partial charge is 0.212 e.